The molecule has 2 heterocycles. The summed E-state index contributed by atoms with van der Waals surface area (Å²) < 4.78 is 0. The van der Waals surface area contributed by atoms with Crippen LogP contribution in [0.2, 0.25) is 0 Å². The molecule has 4 nitrogen and oxygen atoms in total. The van der Waals surface area contributed by atoms with Gasteiger partial charge in [0, 0.05) is 28.9 Å². The molecule has 0 bridgehead atoms. The lowest BCUT2D eigenvalue weighted by atomic mass is 10.1. The van der Waals surface area contributed by atoms with Crippen molar-refractivity contribution in [2.24, 2.45) is 0 Å². The lowest BCUT2D eigenvalue weighted by molar-refractivity contribution is 0.102. The molecule has 0 aliphatic rings. The van der Waals surface area contributed by atoms with Gasteiger partial charge >= 0.3 is 0 Å². The highest BCUT2D eigenvalue weighted by Crippen LogP contribution is 2.25. The molecule has 0 spiro atoms. The average Bonchev–Trinajstić information content (AvgIpc) is 2.96. The quantitative estimate of drug-likeness (QED) is 0.793. The van der Waals surface area contributed by atoms with Gasteiger partial charge in [-0.3, -0.25) is 15.1 Å². The standard InChI is InChI=1S/C17H15N3OS/c1-11-3-4-14(12(2)9-11)16(21)20-17-19-15(10-22-17)13-5-7-18-8-6-13/h3-10H,1-2H3,(H,19,20,21). The van der Waals surface area contributed by atoms with Gasteiger partial charge in [0.2, 0.25) is 0 Å². The van der Waals surface area contributed by atoms with Crippen LogP contribution in [0.3, 0.4) is 0 Å². The van der Waals surface area contributed by atoms with Gasteiger partial charge in [0.05, 0.1) is 5.69 Å². The number of amides is 1. The van der Waals surface area contributed by atoms with Crippen LogP contribution in [-0.4, -0.2) is 15.9 Å². The first-order valence-electron chi connectivity index (χ1n) is 6.88. The number of thiazole rings is 1. The number of anilines is 1. The molecule has 110 valence electrons. The van der Waals surface area contributed by atoms with Crippen LogP contribution in [0.4, 0.5) is 5.13 Å². The van der Waals surface area contributed by atoms with Crippen LogP contribution < -0.4 is 5.32 Å². The summed E-state index contributed by atoms with van der Waals surface area (Å²) in [7, 11) is 0. The van der Waals surface area contributed by atoms with Crippen molar-refractivity contribution in [2.45, 2.75) is 13.8 Å². The summed E-state index contributed by atoms with van der Waals surface area (Å²) in [5, 5.41) is 5.38. The van der Waals surface area contributed by atoms with E-state index < -0.39 is 0 Å². The fourth-order valence-electron chi connectivity index (χ4n) is 2.22. The minimum Gasteiger partial charge on any atom is -0.298 e. The van der Waals surface area contributed by atoms with Gasteiger partial charge in [-0.1, -0.05) is 17.7 Å². The Balaban J connectivity index is 1.79. The van der Waals surface area contributed by atoms with Crippen molar-refractivity contribution in [3.05, 3.63) is 64.8 Å². The maximum atomic E-state index is 12.3. The lowest BCUT2D eigenvalue weighted by Gasteiger charge is -2.06. The molecular weight excluding hydrogens is 294 g/mol. The number of hydrogen-bond acceptors (Lipinski definition) is 4. The second-order valence-electron chi connectivity index (χ2n) is 5.05. The Kier molecular flexibility index (Phi) is 3.98. The molecule has 0 aliphatic carbocycles. The number of pyridine rings is 1. The van der Waals surface area contributed by atoms with E-state index in [1.807, 2.05) is 49.6 Å². The molecule has 0 fully saturated rings. The second-order valence-corrected chi connectivity index (χ2v) is 5.90. The van der Waals surface area contributed by atoms with E-state index in [2.05, 4.69) is 15.3 Å². The summed E-state index contributed by atoms with van der Waals surface area (Å²) in [5.74, 6) is -0.131. The molecule has 3 rings (SSSR count). The highest BCUT2D eigenvalue weighted by Gasteiger charge is 2.12. The maximum absolute atomic E-state index is 12.3. The van der Waals surface area contributed by atoms with Crippen molar-refractivity contribution < 1.29 is 4.79 Å². The molecule has 2 aromatic heterocycles. The molecule has 0 aliphatic heterocycles. The van der Waals surface area contributed by atoms with E-state index >= 15 is 0 Å². The van der Waals surface area contributed by atoms with E-state index in [-0.39, 0.29) is 5.91 Å². The number of carbonyl (C=O) groups excluding carboxylic acids is 1. The Hall–Kier alpha value is -2.53. The summed E-state index contributed by atoms with van der Waals surface area (Å²) in [6.07, 6.45) is 3.45. The van der Waals surface area contributed by atoms with Gasteiger partial charge < -0.3 is 0 Å². The summed E-state index contributed by atoms with van der Waals surface area (Å²) in [4.78, 5) is 20.8. The van der Waals surface area contributed by atoms with Crippen LogP contribution in [0.1, 0.15) is 21.5 Å². The molecule has 0 saturated heterocycles. The van der Waals surface area contributed by atoms with Crippen molar-refractivity contribution in [1.82, 2.24) is 9.97 Å². The number of aromatic nitrogens is 2. The third-order valence-corrected chi connectivity index (χ3v) is 4.08. The van der Waals surface area contributed by atoms with E-state index in [0.717, 1.165) is 22.4 Å². The molecule has 5 heteroatoms. The Morgan fingerprint density at radius 2 is 1.91 bits per heavy atom. The normalized spacial score (nSPS) is 10.5. The van der Waals surface area contributed by atoms with E-state index in [4.69, 9.17) is 0 Å². The second kappa shape index (κ2) is 6.07. The topological polar surface area (TPSA) is 54.9 Å². The zero-order valence-electron chi connectivity index (χ0n) is 12.3. The Morgan fingerprint density at radius 3 is 2.64 bits per heavy atom. The van der Waals surface area contributed by atoms with Gasteiger partial charge in [0.1, 0.15) is 0 Å². The highest BCUT2D eigenvalue weighted by molar-refractivity contribution is 7.14. The minimum atomic E-state index is -0.131. The molecule has 22 heavy (non-hydrogen) atoms. The molecule has 0 saturated carbocycles. The number of nitrogens with one attached hydrogen (secondary N) is 1. The van der Waals surface area contributed by atoms with Crippen LogP contribution >= 0.6 is 11.3 Å². The molecule has 0 radical (unpaired) electrons. The van der Waals surface area contributed by atoms with Crippen molar-refractivity contribution in [3.8, 4) is 11.3 Å². The van der Waals surface area contributed by atoms with Gasteiger partial charge in [0.15, 0.2) is 5.13 Å². The Morgan fingerprint density at radius 1 is 1.14 bits per heavy atom. The number of nitrogens with zero attached hydrogens (tertiary/aromatic N) is 2. The van der Waals surface area contributed by atoms with Gasteiger partial charge in [0.25, 0.3) is 5.91 Å². The molecule has 1 aromatic carbocycles. The smallest absolute Gasteiger partial charge is 0.257 e. The highest BCUT2D eigenvalue weighted by atomic mass is 32.1. The monoisotopic (exact) mass is 309 g/mol. The third-order valence-electron chi connectivity index (χ3n) is 3.33. The van der Waals surface area contributed by atoms with Gasteiger partial charge in [-0.2, -0.15) is 0 Å². The fourth-order valence-corrected chi connectivity index (χ4v) is 2.93. The van der Waals surface area contributed by atoms with Gasteiger partial charge in [-0.25, -0.2) is 4.98 Å². The van der Waals surface area contributed by atoms with Crippen molar-refractivity contribution in [1.29, 1.82) is 0 Å². The van der Waals surface area contributed by atoms with Crippen LogP contribution in [0.25, 0.3) is 11.3 Å². The number of hydrogen-bond donors (Lipinski definition) is 1. The zero-order chi connectivity index (χ0) is 15.5. The summed E-state index contributed by atoms with van der Waals surface area (Å²) in [6.45, 7) is 3.95. The number of benzene rings is 1. The van der Waals surface area contributed by atoms with E-state index in [1.54, 1.807) is 12.4 Å². The largest absolute Gasteiger partial charge is 0.298 e. The molecule has 0 atom stereocenters. The summed E-state index contributed by atoms with van der Waals surface area (Å²) in [6, 6.07) is 9.57. The first-order valence-corrected chi connectivity index (χ1v) is 7.76. The first kappa shape index (κ1) is 14.4. The van der Waals surface area contributed by atoms with Crippen molar-refractivity contribution in [2.75, 3.05) is 5.32 Å². The zero-order valence-corrected chi connectivity index (χ0v) is 13.1. The Labute approximate surface area is 132 Å². The van der Waals surface area contributed by atoms with Crippen LogP contribution in [0.15, 0.2) is 48.1 Å². The van der Waals surface area contributed by atoms with Gasteiger partial charge in [-0.05, 0) is 37.6 Å². The van der Waals surface area contributed by atoms with Crippen LogP contribution in [0, 0.1) is 13.8 Å². The molecular formula is C17H15N3OS. The minimum absolute atomic E-state index is 0.131. The van der Waals surface area contributed by atoms with Crippen LogP contribution in [-0.2, 0) is 0 Å². The Bertz CT molecular complexity index is 812. The fraction of sp³-hybridized carbons (Fsp3) is 0.118. The predicted octanol–water partition coefficient (Wildman–Crippen LogP) is 4.07. The number of aryl methyl sites for hydroxylation is 2. The maximum Gasteiger partial charge on any atom is 0.257 e. The van der Waals surface area contributed by atoms with E-state index in [0.29, 0.717) is 10.7 Å². The van der Waals surface area contributed by atoms with Crippen LogP contribution in [0.5, 0.6) is 0 Å². The molecule has 1 amide bonds. The van der Waals surface area contributed by atoms with E-state index in [9.17, 15) is 4.79 Å². The summed E-state index contributed by atoms with van der Waals surface area (Å²) in [5.41, 5.74) is 4.60. The molecule has 1 N–H and O–H groups in total. The molecule has 3 aromatic rings. The number of carbonyl (C=O) groups is 1. The number of rotatable bonds is 3. The summed E-state index contributed by atoms with van der Waals surface area (Å²) >= 11 is 1.41. The molecule has 0 unspecified atom stereocenters. The predicted molar refractivity (Wildman–Crippen MR) is 89.2 cm³/mol. The van der Waals surface area contributed by atoms with E-state index in [1.165, 1.54) is 11.3 Å². The third kappa shape index (κ3) is 3.04. The SMILES string of the molecule is Cc1ccc(C(=O)Nc2nc(-c3ccncc3)cs2)c(C)c1. The lowest BCUT2D eigenvalue weighted by Crippen LogP contribution is -2.13. The van der Waals surface area contributed by atoms with Crippen molar-refractivity contribution in [3.63, 3.8) is 0 Å². The first-order chi connectivity index (χ1) is 10.6. The van der Waals surface area contributed by atoms with Crippen molar-refractivity contribution >= 4 is 22.4 Å². The average molecular weight is 309 g/mol. The van der Waals surface area contributed by atoms with Gasteiger partial charge in [-0.15, -0.1) is 11.3 Å².